The van der Waals surface area contributed by atoms with Gasteiger partial charge >= 0.3 is 0 Å². The molecule has 2 saturated heterocycles. The van der Waals surface area contributed by atoms with Gasteiger partial charge in [0, 0.05) is 42.4 Å². The first-order chi connectivity index (χ1) is 17.7. The molecule has 2 unspecified atom stereocenters. The second-order valence-corrected chi connectivity index (χ2v) is 11.8. The van der Waals surface area contributed by atoms with Gasteiger partial charge in [0.15, 0.2) is 0 Å². The number of benzene rings is 2. The lowest BCUT2D eigenvalue weighted by Crippen LogP contribution is -2.39. The Balaban J connectivity index is 1.17. The van der Waals surface area contributed by atoms with E-state index in [1.54, 1.807) is 11.3 Å². The molecule has 0 radical (unpaired) electrons. The number of fused-ring (bicyclic) bond motifs is 1. The Morgan fingerprint density at radius 3 is 2.67 bits per heavy atom. The first kappa shape index (κ1) is 23.8. The van der Waals surface area contributed by atoms with Gasteiger partial charge in [-0.25, -0.2) is 0 Å². The summed E-state index contributed by atoms with van der Waals surface area (Å²) in [5.41, 5.74) is 3.64. The number of piperidine rings is 1. The molecule has 1 aromatic heterocycles. The number of hydrogen-bond acceptors (Lipinski definition) is 4. The van der Waals surface area contributed by atoms with Gasteiger partial charge in [0.25, 0.3) is 5.91 Å². The predicted octanol–water partition coefficient (Wildman–Crippen LogP) is 6.73. The first-order valence-corrected chi connectivity index (χ1v) is 14.4. The lowest BCUT2D eigenvalue weighted by atomic mass is 9.85. The van der Waals surface area contributed by atoms with Gasteiger partial charge in [-0.2, -0.15) is 11.3 Å². The molecule has 184 valence electrons. The third-order valence-corrected chi connectivity index (χ3v) is 9.21. The number of rotatable bonds is 5. The van der Waals surface area contributed by atoms with E-state index in [1.807, 2.05) is 24.3 Å². The SMILES string of the molecule is O=C(c1cccc2ccccc12)N1CC(CN2CCC(C3=CC(=S)CC=C3)CC2)C(c2ccsc2)C1. The maximum absolute atomic E-state index is 13.8. The van der Waals surface area contributed by atoms with E-state index in [-0.39, 0.29) is 5.91 Å². The number of thiophene rings is 1. The molecule has 2 aliphatic heterocycles. The van der Waals surface area contributed by atoms with Crippen LogP contribution in [0.3, 0.4) is 0 Å². The molecule has 5 heteroatoms. The van der Waals surface area contributed by atoms with Crippen LogP contribution in [0, 0.1) is 11.8 Å². The van der Waals surface area contributed by atoms with E-state index in [1.165, 1.54) is 24.0 Å². The summed E-state index contributed by atoms with van der Waals surface area (Å²) in [7, 11) is 0. The fraction of sp³-hybridized carbons (Fsp3) is 0.355. The van der Waals surface area contributed by atoms with Crippen LogP contribution >= 0.6 is 23.6 Å². The average Bonchev–Trinajstić information content (AvgIpc) is 3.59. The summed E-state index contributed by atoms with van der Waals surface area (Å²) in [5, 5.41) is 6.62. The topological polar surface area (TPSA) is 23.6 Å². The van der Waals surface area contributed by atoms with E-state index >= 15 is 0 Å². The van der Waals surface area contributed by atoms with Gasteiger partial charge in [-0.1, -0.05) is 60.8 Å². The van der Waals surface area contributed by atoms with Crippen molar-refractivity contribution in [2.24, 2.45) is 11.8 Å². The lowest BCUT2D eigenvalue weighted by molar-refractivity contribution is 0.0783. The van der Waals surface area contributed by atoms with Gasteiger partial charge in [0.2, 0.25) is 0 Å². The van der Waals surface area contributed by atoms with Crippen molar-refractivity contribution >= 4 is 45.1 Å². The molecule has 0 spiro atoms. The summed E-state index contributed by atoms with van der Waals surface area (Å²) < 4.78 is 0. The molecular weight excluding hydrogens is 480 g/mol. The van der Waals surface area contributed by atoms with Crippen LogP contribution in [0.25, 0.3) is 10.8 Å². The van der Waals surface area contributed by atoms with Crippen LogP contribution in [0.5, 0.6) is 0 Å². The molecule has 3 nitrogen and oxygen atoms in total. The smallest absolute Gasteiger partial charge is 0.254 e. The Kier molecular flexibility index (Phi) is 6.87. The maximum Gasteiger partial charge on any atom is 0.254 e. The van der Waals surface area contributed by atoms with Gasteiger partial charge in [0.1, 0.15) is 0 Å². The fourth-order valence-corrected chi connectivity index (χ4v) is 7.26. The highest BCUT2D eigenvalue weighted by Crippen LogP contribution is 2.37. The van der Waals surface area contributed by atoms with Crippen molar-refractivity contribution in [2.45, 2.75) is 25.2 Å². The van der Waals surface area contributed by atoms with Crippen molar-refractivity contribution in [3.05, 3.63) is 94.2 Å². The highest BCUT2D eigenvalue weighted by molar-refractivity contribution is 7.80. The first-order valence-electron chi connectivity index (χ1n) is 13.1. The van der Waals surface area contributed by atoms with Gasteiger partial charge in [0.05, 0.1) is 0 Å². The third kappa shape index (κ3) is 4.84. The van der Waals surface area contributed by atoms with Crippen LogP contribution in [0.15, 0.2) is 83.1 Å². The van der Waals surface area contributed by atoms with Crippen molar-refractivity contribution in [3.63, 3.8) is 0 Å². The fourth-order valence-electron chi connectivity index (χ4n) is 6.31. The highest BCUT2D eigenvalue weighted by Gasteiger charge is 2.38. The summed E-state index contributed by atoms with van der Waals surface area (Å²) in [6.07, 6.45) is 10.0. The van der Waals surface area contributed by atoms with Crippen LogP contribution < -0.4 is 0 Å². The predicted molar refractivity (Wildman–Crippen MR) is 154 cm³/mol. The minimum Gasteiger partial charge on any atom is -0.338 e. The molecular formula is C31H32N2OS2. The Labute approximate surface area is 223 Å². The van der Waals surface area contributed by atoms with Gasteiger partial charge in [-0.3, -0.25) is 4.79 Å². The second-order valence-electron chi connectivity index (χ2n) is 10.5. The quantitative estimate of drug-likeness (QED) is 0.354. The zero-order valence-electron chi connectivity index (χ0n) is 20.5. The second kappa shape index (κ2) is 10.4. The molecule has 2 fully saturated rings. The van der Waals surface area contributed by atoms with Crippen molar-refractivity contribution in [2.75, 3.05) is 32.7 Å². The van der Waals surface area contributed by atoms with Crippen molar-refractivity contribution in [3.8, 4) is 0 Å². The van der Waals surface area contributed by atoms with E-state index in [2.05, 4.69) is 63.1 Å². The molecule has 2 atom stereocenters. The van der Waals surface area contributed by atoms with Crippen LogP contribution in [0.2, 0.25) is 0 Å². The van der Waals surface area contributed by atoms with Crippen molar-refractivity contribution in [1.29, 1.82) is 0 Å². The van der Waals surface area contributed by atoms with Crippen LogP contribution in [-0.2, 0) is 0 Å². The van der Waals surface area contributed by atoms with E-state index < -0.39 is 0 Å². The molecule has 36 heavy (non-hydrogen) atoms. The van der Waals surface area contributed by atoms with Gasteiger partial charge in [-0.05, 0) is 88.6 Å². The number of amides is 1. The van der Waals surface area contributed by atoms with Crippen LogP contribution in [0.1, 0.15) is 41.1 Å². The van der Waals surface area contributed by atoms with Crippen molar-refractivity contribution < 1.29 is 4.79 Å². The number of likely N-dealkylation sites (tertiary alicyclic amines) is 2. The number of allylic oxidation sites excluding steroid dienone is 4. The minimum atomic E-state index is 0.167. The highest BCUT2D eigenvalue weighted by atomic mass is 32.1. The molecule has 3 heterocycles. The normalized spacial score (nSPS) is 23.4. The lowest BCUT2D eigenvalue weighted by Gasteiger charge is -2.35. The Bertz CT molecular complexity index is 1310. The van der Waals surface area contributed by atoms with E-state index in [9.17, 15) is 4.79 Å². The molecule has 3 aliphatic rings. The van der Waals surface area contributed by atoms with E-state index in [0.29, 0.717) is 17.8 Å². The third-order valence-electron chi connectivity index (χ3n) is 8.23. The van der Waals surface area contributed by atoms with E-state index in [4.69, 9.17) is 12.2 Å². The van der Waals surface area contributed by atoms with Crippen LogP contribution in [-0.4, -0.2) is 53.3 Å². The van der Waals surface area contributed by atoms with Gasteiger partial charge in [-0.15, -0.1) is 0 Å². The molecule has 0 bridgehead atoms. The Morgan fingerprint density at radius 2 is 1.86 bits per heavy atom. The van der Waals surface area contributed by atoms with Crippen LogP contribution in [0.4, 0.5) is 0 Å². The maximum atomic E-state index is 13.8. The summed E-state index contributed by atoms with van der Waals surface area (Å²) >= 11 is 7.21. The molecule has 0 N–H and O–H groups in total. The zero-order chi connectivity index (χ0) is 24.5. The molecule has 0 saturated carbocycles. The summed E-state index contributed by atoms with van der Waals surface area (Å²) in [4.78, 5) is 19.6. The molecule has 6 rings (SSSR count). The Morgan fingerprint density at radius 1 is 1.03 bits per heavy atom. The molecule has 2 aromatic carbocycles. The molecule has 1 aliphatic carbocycles. The number of nitrogens with zero attached hydrogens (tertiary/aromatic N) is 2. The Hall–Kier alpha value is -2.60. The number of carbonyl (C=O) groups is 1. The summed E-state index contributed by atoms with van der Waals surface area (Å²) in [6.45, 7) is 4.92. The average molecular weight is 513 g/mol. The largest absolute Gasteiger partial charge is 0.338 e. The standard InChI is InChI=1S/C31H32N2OS2/c34-31(29-10-4-6-23-5-1-2-9-28(23)29)33-19-26(30(20-33)25-13-16-36-21-25)18-32-14-11-22(12-15-32)24-7-3-8-27(35)17-24/h1-7,9-10,13,16-17,21-22,26,30H,8,11-12,14-15,18-20H2. The number of hydrogen-bond donors (Lipinski definition) is 0. The zero-order valence-corrected chi connectivity index (χ0v) is 22.1. The number of carbonyl (C=O) groups excluding carboxylic acids is 1. The molecule has 3 aromatic rings. The molecule has 1 amide bonds. The van der Waals surface area contributed by atoms with Gasteiger partial charge < -0.3 is 9.80 Å². The monoisotopic (exact) mass is 512 g/mol. The summed E-state index contributed by atoms with van der Waals surface area (Å²) in [5.74, 6) is 1.64. The van der Waals surface area contributed by atoms with Crippen molar-refractivity contribution in [1.82, 2.24) is 9.80 Å². The number of thiocarbonyl (C=S) groups is 1. The summed E-state index contributed by atoms with van der Waals surface area (Å²) in [6, 6.07) is 16.6. The van der Waals surface area contributed by atoms with E-state index in [0.717, 1.165) is 60.3 Å². The minimum absolute atomic E-state index is 0.167.